The maximum atomic E-state index is 8.05. The van der Waals surface area contributed by atoms with Gasteiger partial charge in [0.25, 0.3) is 5.88 Å². The first-order valence-electron chi connectivity index (χ1n) is 2.18. The third-order valence-corrected chi connectivity index (χ3v) is 1.11. The lowest BCUT2D eigenvalue weighted by atomic mass is 10.6. The molecule has 0 spiro atoms. The molecule has 0 aromatic heterocycles. The maximum Gasteiger partial charge on any atom is 0.275 e. The molecular weight excluding hydrogens is 140 g/mol. The molecule has 1 aliphatic rings. The first-order valence-corrected chi connectivity index (χ1v) is 3.02. The van der Waals surface area contributed by atoms with Gasteiger partial charge >= 0.3 is 0 Å². The van der Waals surface area contributed by atoms with Crippen molar-refractivity contribution in [2.75, 3.05) is 0 Å². The van der Waals surface area contributed by atoms with Crippen molar-refractivity contribution in [3.8, 4) is 0 Å². The summed E-state index contributed by atoms with van der Waals surface area (Å²) in [6.45, 7) is 0. The highest BCUT2D eigenvalue weighted by atomic mass is 32.2. The average molecular weight is 144 g/mol. The third-order valence-electron chi connectivity index (χ3n) is 0.658. The quantitative estimate of drug-likeness (QED) is 0.347. The van der Waals surface area contributed by atoms with Gasteiger partial charge in [0.15, 0.2) is 0 Å². The second kappa shape index (κ2) is 3.26. The Balaban J connectivity index is 2.67. The van der Waals surface area contributed by atoms with Crippen LogP contribution in [0.5, 0.6) is 0 Å². The fraction of sp³-hybridized carbons (Fsp3) is 0. The van der Waals surface area contributed by atoms with Crippen LogP contribution in [0.1, 0.15) is 0 Å². The Morgan fingerprint density at radius 1 is 1.67 bits per heavy atom. The lowest BCUT2D eigenvalue weighted by Gasteiger charge is -1.87. The van der Waals surface area contributed by atoms with E-state index in [2.05, 4.69) is 14.5 Å². The molecule has 1 aliphatic heterocycles. The molecule has 1 heterocycles. The molecule has 0 fully saturated rings. The number of allylic oxidation sites excluding steroid dienone is 2. The standard InChI is InChI=1S/C4H4N2O2S/c7-8-4-2-1-3-9-6-5-4/h1-3,7H. The number of nitrogens with zero attached hydrogens (tertiary/aromatic N) is 2. The van der Waals surface area contributed by atoms with Crippen LogP contribution in [0.3, 0.4) is 0 Å². The molecule has 0 aromatic carbocycles. The zero-order valence-corrected chi connectivity index (χ0v) is 5.21. The number of rotatable bonds is 1. The van der Waals surface area contributed by atoms with E-state index in [9.17, 15) is 0 Å². The summed E-state index contributed by atoms with van der Waals surface area (Å²) in [4.78, 5) is 3.81. The Bertz CT molecular complexity index is 175. The SMILES string of the molecule is OOC1=CC=CSN=N1. The van der Waals surface area contributed by atoms with Gasteiger partial charge in [-0.25, -0.2) is 5.26 Å². The van der Waals surface area contributed by atoms with Crippen LogP contribution in [0.4, 0.5) is 0 Å². The summed E-state index contributed by atoms with van der Waals surface area (Å²) in [5.41, 5.74) is 0. The molecular formula is C4H4N2O2S. The molecule has 0 radical (unpaired) electrons. The average Bonchev–Trinajstić information content (AvgIpc) is 2.13. The summed E-state index contributed by atoms with van der Waals surface area (Å²) < 4.78 is 3.52. The third kappa shape index (κ3) is 1.87. The minimum Gasteiger partial charge on any atom is -0.318 e. The van der Waals surface area contributed by atoms with Crippen LogP contribution in [-0.4, -0.2) is 5.26 Å². The normalized spacial score (nSPS) is 16.8. The van der Waals surface area contributed by atoms with Gasteiger partial charge in [-0.05, 0) is 11.5 Å². The second-order valence-electron chi connectivity index (χ2n) is 1.21. The Kier molecular flexibility index (Phi) is 2.29. The van der Waals surface area contributed by atoms with Gasteiger partial charge in [0.05, 0.1) is 0 Å². The van der Waals surface area contributed by atoms with Crippen molar-refractivity contribution in [2.45, 2.75) is 0 Å². The van der Waals surface area contributed by atoms with E-state index in [4.69, 9.17) is 5.26 Å². The Hall–Kier alpha value is -0.810. The van der Waals surface area contributed by atoms with Gasteiger partial charge in [-0.1, -0.05) is 0 Å². The van der Waals surface area contributed by atoms with Crippen LogP contribution in [-0.2, 0) is 4.89 Å². The first kappa shape index (κ1) is 6.31. The van der Waals surface area contributed by atoms with Crippen LogP contribution < -0.4 is 0 Å². The van der Waals surface area contributed by atoms with Crippen molar-refractivity contribution in [1.29, 1.82) is 0 Å². The van der Waals surface area contributed by atoms with Gasteiger partial charge < -0.3 is 4.89 Å². The van der Waals surface area contributed by atoms with Crippen molar-refractivity contribution >= 4 is 11.9 Å². The predicted octanol–water partition coefficient (Wildman–Crippen LogP) is 1.95. The molecule has 0 atom stereocenters. The Labute approximate surface area is 56.0 Å². The van der Waals surface area contributed by atoms with E-state index < -0.39 is 0 Å². The largest absolute Gasteiger partial charge is 0.318 e. The Morgan fingerprint density at radius 2 is 2.56 bits per heavy atom. The van der Waals surface area contributed by atoms with E-state index in [0.29, 0.717) is 0 Å². The molecule has 0 saturated carbocycles. The highest BCUT2D eigenvalue weighted by Gasteiger charge is 1.92. The van der Waals surface area contributed by atoms with Crippen molar-refractivity contribution in [3.05, 3.63) is 23.4 Å². The zero-order valence-electron chi connectivity index (χ0n) is 4.39. The molecule has 1 rings (SSSR count). The monoisotopic (exact) mass is 144 g/mol. The fourth-order valence-corrected chi connectivity index (χ4v) is 0.661. The summed E-state index contributed by atoms with van der Waals surface area (Å²) in [6, 6.07) is 0. The summed E-state index contributed by atoms with van der Waals surface area (Å²) in [6.07, 6.45) is 3.18. The highest BCUT2D eigenvalue weighted by Crippen LogP contribution is 2.12. The second-order valence-corrected chi connectivity index (χ2v) is 1.86. The zero-order chi connectivity index (χ0) is 6.53. The summed E-state index contributed by atoms with van der Waals surface area (Å²) in [7, 11) is 0. The van der Waals surface area contributed by atoms with E-state index in [0.717, 1.165) is 0 Å². The van der Waals surface area contributed by atoms with E-state index in [1.54, 1.807) is 11.5 Å². The minimum atomic E-state index is 0.0938. The van der Waals surface area contributed by atoms with Gasteiger partial charge in [-0.2, -0.15) is 0 Å². The molecule has 9 heavy (non-hydrogen) atoms. The number of hydrogen-bond acceptors (Lipinski definition) is 5. The minimum absolute atomic E-state index is 0.0938. The van der Waals surface area contributed by atoms with Crippen LogP contribution >= 0.6 is 11.9 Å². The lowest BCUT2D eigenvalue weighted by molar-refractivity contribution is -0.204. The van der Waals surface area contributed by atoms with Gasteiger partial charge in [0.1, 0.15) is 0 Å². The van der Waals surface area contributed by atoms with E-state index >= 15 is 0 Å². The molecule has 0 aliphatic carbocycles. The van der Waals surface area contributed by atoms with Gasteiger partial charge in [-0.15, -0.1) is 9.63 Å². The van der Waals surface area contributed by atoms with Crippen LogP contribution in [0.15, 0.2) is 33.1 Å². The summed E-state index contributed by atoms with van der Waals surface area (Å²) in [5.74, 6) is 0.0938. The van der Waals surface area contributed by atoms with Gasteiger partial charge in [-0.3, -0.25) is 0 Å². The molecule has 48 valence electrons. The van der Waals surface area contributed by atoms with Crippen LogP contribution in [0, 0.1) is 0 Å². The molecule has 0 saturated heterocycles. The molecule has 0 aromatic rings. The first-order chi connectivity index (χ1) is 4.43. The lowest BCUT2D eigenvalue weighted by Crippen LogP contribution is -1.78. The van der Waals surface area contributed by atoms with E-state index in [-0.39, 0.29) is 5.88 Å². The summed E-state index contributed by atoms with van der Waals surface area (Å²) >= 11 is 1.17. The molecule has 1 N–H and O–H groups in total. The van der Waals surface area contributed by atoms with Gasteiger partial charge in [0.2, 0.25) is 0 Å². The highest BCUT2D eigenvalue weighted by molar-refractivity contribution is 8.00. The van der Waals surface area contributed by atoms with Crippen molar-refractivity contribution in [3.63, 3.8) is 0 Å². The van der Waals surface area contributed by atoms with Crippen molar-refractivity contribution in [1.82, 2.24) is 0 Å². The van der Waals surface area contributed by atoms with Gasteiger partial charge in [0, 0.05) is 18.0 Å². The fourth-order valence-electron chi connectivity index (χ4n) is 0.330. The topological polar surface area (TPSA) is 54.2 Å². The van der Waals surface area contributed by atoms with Crippen molar-refractivity contribution in [2.24, 2.45) is 9.63 Å². The maximum absolute atomic E-state index is 8.05. The predicted molar refractivity (Wildman–Crippen MR) is 33.4 cm³/mol. The summed E-state index contributed by atoms with van der Waals surface area (Å²) in [5, 5.41) is 13.2. The molecule has 5 heteroatoms. The van der Waals surface area contributed by atoms with E-state index in [1.165, 1.54) is 18.0 Å². The Morgan fingerprint density at radius 3 is 3.33 bits per heavy atom. The number of hydrogen-bond donors (Lipinski definition) is 1. The molecule has 4 nitrogen and oxygen atoms in total. The smallest absolute Gasteiger partial charge is 0.275 e. The molecule has 0 amide bonds. The molecule has 0 bridgehead atoms. The molecule has 0 unspecified atom stereocenters. The van der Waals surface area contributed by atoms with Crippen molar-refractivity contribution < 1.29 is 10.1 Å². The van der Waals surface area contributed by atoms with E-state index in [1.807, 2.05) is 0 Å². The van der Waals surface area contributed by atoms with Crippen LogP contribution in [0.2, 0.25) is 0 Å². The van der Waals surface area contributed by atoms with Crippen LogP contribution in [0.25, 0.3) is 0 Å².